The van der Waals surface area contributed by atoms with E-state index in [0.29, 0.717) is 36.5 Å². The quantitative estimate of drug-likeness (QED) is 0.835. The molecule has 2 fully saturated rings. The van der Waals surface area contributed by atoms with Gasteiger partial charge in [0, 0.05) is 25.2 Å². The number of benzene rings is 1. The third kappa shape index (κ3) is 4.22. The molecule has 25 heavy (non-hydrogen) atoms. The molecular weight excluding hydrogens is 364 g/mol. The van der Waals surface area contributed by atoms with E-state index in [0.717, 1.165) is 19.4 Å². The molecule has 8 heteroatoms. The zero-order valence-electron chi connectivity index (χ0n) is 14.7. The number of hydrogen-bond donors (Lipinski definition) is 1. The Morgan fingerprint density at radius 2 is 1.76 bits per heavy atom. The molecule has 2 saturated heterocycles. The number of methoxy groups -OCH3 is 2. The van der Waals surface area contributed by atoms with E-state index in [1.807, 2.05) is 0 Å². The Kier molecular flexibility index (Phi) is 6.96. The standard InChI is InChI=1S/C17H26N2O4S.ClH/c1-22-16-6-5-14(12-17(16)23-2)24(20,21)19-10-7-13(8-11-19)15-4-3-9-18-15;/h5-6,12-13,15,18H,3-4,7-11H2,1-2H3;1H. The molecule has 2 aliphatic rings. The highest BCUT2D eigenvalue weighted by Crippen LogP contribution is 2.33. The van der Waals surface area contributed by atoms with Gasteiger partial charge in [-0.1, -0.05) is 0 Å². The van der Waals surface area contributed by atoms with E-state index in [2.05, 4.69) is 5.32 Å². The summed E-state index contributed by atoms with van der Waals surface area (Å²) in [4.78, 5) is 0.262. The van der Waals surface area contributed by atoms with Gasteiger partial charge < -0.3 is 14.8 Å². The van der Waals surface area contributed by atoms with Crippen molar-refractivity contribution in [3.63, 3.8) is 0 Å². The second kappa shape index (κ2) is 8.58. The molecule has 2 heterocycles. The molecule has 1 aromatic carbocycles. The normalized spacial score (nSPS) is 22.4. The summed E-state index contributed by atoms with van der Waals surface area (Å²) in [6.07, 6.45) is 4.29. The first-order valence-corrected chi connectivity index (χ1v) is 9.96. The minimum absolute atomic E-state index is 0. The lowest BCUT2D eigenvalue weighted by Gasteiger charge is -2.34. The molecule has 0 saturated carbocycles. The molecule has 3 rings (SSSR count). The molecule has 1 atom stereocenters. The Labute approximate surface area is 156 Å². The highest BCUT2D eigenvalue weighted by molar-refractivity contribution is 7.89. The van der Waals surface area contributed by atoms with E-state index in [1.165, 1.54) is 27.1 Å². The maximum atomic E-state index is 12.9. The van der Waals surface area contributed by atoms with E-state index < -0.39 is 10.0 Å². The topological polar surface area (TPSA) is 67.9 Å². The third-order valence-electron chi connectivity index (χ3n) is 5.16. The monoisotopic (exact) mass is 390 g/mol. The lowest BCUT2D eigenvalue weighted by Crippen LogP contribution is -2.43. The predicted octanol–water partition coefficient (Wildman–Crippen LogP) is 2.28. The summed E-state index contributed by atoms with van der Waals surface area (Å²) in [6, 6.07) is 5.33. The van der Waals surface area contributed by atoms with Crippen molar-refractivity contribution in [2.75, 3.05) is 33.9 Å². The van der Waals surface area contributed by atoms with E-state index in [1.54, 1.807) is 22.5 Å². The minimum Gasteiger partial charge on any atom is -0.493 e. The number of hydrogen-bond acceptors (Lipinski definition) is 5. The van der Waals surface area contributed by atoms with Crippen LogP contribution in [0.25, 0.3) is 0 Å². The zero-order valence-corrected chi connectivity index (χ0v) is 16.4. The molecule has 2 aliphatic heterocycles. The lowest BCUT2D eigenvalue weighted by molar-refractivity contribution is 0.234. The van der Waals surface area contributed by atoms with Crippen LogP contribution in [0.2, 0.25) is 0 Å². The van der Waals surface area contributed by atoms with Crippen LogP contribution in [-0.4, -0.2) is 52.6 Å². The SMILES string of the molecule is COc1ccc(S(=O)(=O)N2CCC(C3CCCN3)CC2)cc1OC.Cl. The van der Waals surface area contributed by atoms with Gasteiger partial charge in [-0.2, -0.15) is 4.31 Å². The van der Waals surface area contributed by atoms with Gasteiger partial charge in [-0.25, -0.2) is 8.42 Å². The number of nitrogens with zero attached hydrogens (tertiary/aromatic N) is 1. The molecule has 0 aromatic heterocycles. The van der Waals surface area contributed by atoms with Crippen molar-refractivity contribution in [2.24, 2.45) is 5.92 Å². The molecule has 1 N–H and O–H groups in total. The molecule has 142 valence electrons. The van der Waals surface area contributed by atoms with Crippen LogP contribution in [0.1, 0.15) is 25.7 Å². The van der Waals surface area contributed by atoms with Gasteiger partial charge >= 0.3 is 0 Å². The van der Waals surface area contributed by atoms with Crippen LogP contribution in [-0.2, 0) is 10.0 Å². The Morgan fingerprint density at radius 1 is 1.08 bits per heavy atom. The Hall–Kier alpha value is -1.02. The van der Waals surface area contributed by atoms with Crippen molar-refractivity contribution in [1.29, 1.82) is 0 Å². The summed E-state index contributed by atoms with van der Waals surface area (Å²) in [5, 5.41) is 3.54. The van der Waals surface area contributed by atoms with E-state index in [-0.39, 0.29) is 17.3 Å². The number of piperidine rings is 1. The summed E-state index contributed by atoms with van der Waals surface area (Å²) in [6.45, 7) is 2.26. The average molecular weight is 391 g/mol. The average Bonchev–Trinajstić information content (AvgIpc) is 3.15. The second-order valence-corrected chi connectivity index (χ2v) is 8.40. The van der Waals surface area contributed by atoms with Crippen molar-refractivity contribution in [3.05, 3.63) is 18.2 Å². The zero-order chi connectivity index (χ0) is 17.2. The molecule has 6 nitrogen and oxygen atoms in total. The molecule has 1 unspecified atom stereocenters. The highest BCUT2D eigenvalue weighted by atomic mass is 35.5. The van der Waals surface area contributed by atoms with E-state index >= 15 is 0 Å². The van der Waals surface area contributed by atoms with Gasteiger partial charge in [0.2, 0.25) is 10.0 Å². The van der Waals surface area contributed by atoms with Gasteiger partial charge in [0.15, 0.2) is 11.5 Å². The molecule has 0 amide bonds. The number of nitrogens with one attached hydrogen (secondary N) is 1. The van der Waals surface area contributed by atoms with Crippen molar-refractivity contribution in [2.45, 2.75) is 36.6 Å². The summed E-state index contributed by atoms with van der Waals surface area (Å²) in [5.74, 6) is 1.55. The molecular formula is C17H27ClN2O4S. The molecule has 0 spiro atoms. The largest absolute Gasteiger partial charge is 0.493 e. The fourth-order valence-corrected chi connectivity index (χ4v) is 5.24. The van der Waals surface area contributed by atoms with Gasteiger partial charge in [-0.15, -0.1) is 12.4 Å². The van der Waals surface area contributed by atoms with E-state index in [9.17, 15) is 8.42 Å². The first-order valence-electron chi connectivity index (χ1n) is 8.52. The van der Waals surface area contributed by atoms with Crippen LogP contribution in [0, 0.1) is 5.92 Å². The van der Waals surface area contributed by atoms with Crippen molar-refractivity contribution < 1.29 is 17.9 Å². The minimum atomic E-state index is -3.49. The van der Waals surface area contributed by atoms with Crippen LogP contribution in [0.4, 0.5) is 0 Å². The van der Waals surface area contributed by atoms with Gasteiger partial charge in [0.05, 0.1) is 19.1 Å². The molecule has 0 aliphatic carbocycles. The second-order valence-electron chi connectivity index (χ2n) is 6.46. The van der Waals surface area contributed by atoms with Crippen LogP contribution < -0.4 is 14.8 Å². The Balaban J connectivity index is 0.00000225. The third-order valence-corrected chi connectivity index (χ3v) is 7.05. The van der Waals surface area contributed by atoms with E-state index in [4.69, 9.17) is 9.47 Å². The number of rotatable bonds is 5. The molecule has 0 radical (unpaired) electrons. The van der Waals surface area contributed by atoms with Crippen LogP contribution in [0.15, 0.2) is 23.1 Å². The first-order chi connectivity index (χ1) is 11.6. The maximum Gasteiger partial charge on any atom is 0.243 e. The van der Waals surface area contributed by atoms with Crippen LogP contribution in [0.5, 0.6) is 11.5 Å². The summed E-state index contributed by atoms with van der Waals surface area (Å²) in [7, 11) is -0.445. The Morgan fingerprint density at radius 3 is 2.32 bits per heavy atom. The number of ether oxygens (including phenoxy) is 2. The van der Waals surface area contributed by atoms with Gasteiger partial charge in [0.25, 0.3) is 0 Å². The molecule has 0 bridgehead atoms. The first kappa shape index (κ1) is 20.3. The smallest absolute Gasteiger partial charge is 0.243 e. The number of sulfonamides is 1. The Bertz CT molecular complexity index is 669. The van der Waals surface area contributed by atoms with Gasteiger partial charge in [0.1, 0.15) is 0 Å². The van der Waals surface area contributed by atoms with Gasteiger partial charge in [-0.3, -0.25) is 0 Å². The fraction of sp³-hybridized carbons (Fsp3) is 0.647. The lowest BCUT2D eigenvalue weighted by atomic mass is 9.89. The predicted molar refractivity (Wildman–Crippen MR) is 99.3 cm³/mol. The molecule has 1 aromatic rings. The van der Waals surface area contributed by atoms with Crippen molar-refractivity contribution in [1.82, 2.24) is 9.62 Å². The summed E-state index contributed by atoms with van der Waals surface area (Å²) < 4.78 is 37.8. The van der Waals surface area contributed by atoms with Crippen LogP contribution in [0.3, 0.4) is 0 Å². The summed E-state index contributed by atoms with van der Waals surface area (Å²) in [5.41, 5.74) is 0. The maximum absolute atomic E-state index is 12.9. The summed E-state index contributed by atoms with van der Waals surface area (Å²) >= 11 is 0. The van der Waals surface area contributed by atoms with Crippen molar-refractivity contribution >= 4 is 22.4 Å². The highest BCUT2D eigenvalue weighted by Gasteiger charge is 2.33. The van der Waals surface area contributed by atoms with Gasteiger partial charge in [-0.05, 0) is 50.3 Å². The van der Waals surface area contributed by atoms with Crippen LogP contribution >= 0.6 is 12.4 Å². The number of halogens is 1. The van der Waals surface area contributed by atoms with Crippen molar-refractivity contribution in [3.8, 4) is 11.5 Å². The fourth-order valence-electron chi connectivity index (χ4n) is 3.76.